The third-order valence-electron chi connectivity index (χ3n) is 4.15. The fraction of sp³-hybridized carbons (Fsp3) is 0.917. The minimum absolute atomic E-state index is 0.0143. The minimum Gasteiger partial charge on any atom is -0.396 e. The molecule has 19 heavy (non-hydrogen) atoms. The lowest BCUT2D eigenvalue weighted by Crippen LogP contribution is -2.49. The monoisotopic (exact) mass is 290 g/mol. The first-order valence-corrected chi connectivity index (χ1v) is 8.66. The maximum absolute atomic E-state index is 12.2. The molecule has 0 radical (unpaired) electrons. The second-order valence-corrected chi connectivity index (χ2v) is 7.46. The number of aliphatic hydroxyl groups is 1. The molecule has 0 aromatic carbocycles. The van der Waals surface area contributed by atoms with Crippen LogP contribution in [0.15, 0.2) is 0 Å². The summed E-state index contributed by atoms with van der Waals surface area (Å²) in [6.45, 7) is 0.496. The highest BCUT2D eigenvalue weighted by molar-refractivity contribution is 7.88. The van der Waals surface area contributed by atoms with Crippen LogP contribution in [0.2, 0.25) is 0 Å². The second-order valence-electron chi connectivity index (χ2n) is 5.52. The molecule has 2 fully saturated rings. The lowest BCUT2D eigenvalue weighted by atomic mass is 10.0. The topological polar surface area (TPSA) is 86.7 Å². The van der Waals surface area contributed by atoms with Gasteiger partial charge in [-0.15, -0.1) is 0 Å². The van der Waals surface area contributed by atoms with Crippen LogP contribution in [0.1, 0.15) is 32.1 Å². The van der Waals surface area contributed by atoms with Crippen molar-refractivity contribution < 1.29 is 18.3 Å². The Morgan fingerprint density at radius 3 is 2.68 bits per heavy atom. The number of sulfonamides is 1. The summed E-state index contributed by atoms with van der Waals surface area (Å²) >= 11 is 0. The molecule has 7 heteroatoms. The van der Waals surface area contributed by atoms with Crippen molar-refractivity contribution in [2.45, 2.75) is 44.2 Å². The largest absolute Gasteiger partial charge is 0.396 e. The Morgan fingerprint density at radius 1 is 1.32 bits per heavy atom. The zero-order chi connectivity index (χ0) is 14.0. The molecular formula is C12H22N2O4S. The van der Waals surface area contributed by atoms with Crippen LogP contribution in [0.4, 0.5) is 0 Å². The minimum atomic E-state index is -3.33. The van der Waals surface area contributed by atoms with E-state index in [4.69, 9.17) is 0 Å². The van der Waals surface area contributed by atoms with Crippen molar-refractivity contribution in [1.82, 2.24) is 9.62 Å². The molecule has 1 aliphatic carbocycles. The standard InChI is InChI=1S/C12H22N2O4S/c1-19(17,18)14-7-3-6-11(14)12(16)13-10-5-2-4-9(10)8-15/h9-11,15H,2-8H2,1H3,(H,13,16). The van der Waals surface area contributed by atoms with E-state index >= 15 is 0 Å². The molecule has 2 aliphatic rings. The summed E-state index contributed by atoms with van der Waals surface area (Å²) in [5.41, 5.74) is 0. The van der Waals surface area contributed by atoms with Gasteiger partial charge in [0.1, 0.15) is 6.04 Å². The highest BCUT2D eigenvalue weighted by atomic mass is 32.2. The van der Waals surface area contributed by atoms with Crippen molar-refractivity contribution in [2.75, 3.05) is 19.4 Å². The Morgan fingerprint density at radius 2 is 2.05 bits per heavy atom. The molecule has 1 saturated carbocycles. The van der Waals surface area contributed by atoms with Crippen molar-refractivity contribution >= 4 is 15.9 Å². The Balaban J connectivity index is 2.00. The van der Waals surface area contributed by atoms with Crippen LogP contribution in [0.25, 0.3) is 0 Å². The molecule has 0 spiro atoms. The highest BCUT2D eigenvalue weighted by Crippen LogP contribution is 2.26. The lowest BCUT2D eigenvalue weighted by molar-refractivity contribution is -0.125. The second kappa shape index (κ2) is 5.76. The molecule has 0 aromatic heterocycles. The summed E-state index contributed by atoms with van der Waals surface area (Å²) in [6.07, 6.45) is 5.22. The third kappa shape index (κ3) is 3.27. The van der Waals surface area contributed by atoms with E-state index in [1.807, 2.05) is 0 Å². The zero-order valence-electron chi connectivity index (χ0n) is 11.2. The van der Waals surface area contributed by atoms with Crippen LogP contribution in [-0.4, -0.2) is 55.2 Å². The zero-order valence-corrected chi connectivity index (χ0v) is 12.0. The van der Waals surface area contributed by atoms with E-state index in [0.717, 1.165) is 31.9 Å². The van der Waals surface area contributed by atoms with Gasteiger partial charge in [0, 0.05) is 25.1 Å². The van der Waals surface area contributed by atoms with E-state index in [-0.39, 0.29) is 24.5 Å². The number of hydrogen-bond acceptors (Lipinski definition) is 4. The number of nitrogens with one attached hydrogen (secondary N) is 1. The van der Waals surface area contributed by atoms with E-state index in [2.05, 4.69) is 5.32 Å². The van der Waals surface area contributed by atoms with Gasteiger partial charge in [-0.2, -0.15) is 4.31 Å². The summed E-state index contributed by atoms with van der Waals surface area (Å²) < 4.78 is 24.5. The molecule has 1 aliphatic heterocycles. The van der Waals surface area contributed by atoms with Crippen LogP contribution >= 0.6 is 0 Å². The molecule has 3 unspecified atom stereocenters. The van der Waals surface area contributed by atoms with Crippen LogP contribution in [-0.2, 0) is 14.8 Å². The number of carbonyl (C=O) groups is 1. The van der Waals surface area contributed by atoms with Crippen LogP contribution in [0, 0.1) is 5.92 Å². The maximum atomic E-state index is 12.2. The quantitative estimate of drug-likeness (QED) is 0.743. The first kappa shape index (κ1) is 14.7. The smallest absolute Gasteiger partial charge is 0.238 e. The van der Waals surface area contributed by atoms with Gasteiger partial charge in [0.25, 0.3) is 0 Å². The summed E-state index contributed by atoms with van der Waals surface area (Å²) in [7, 11) is -3.33. The molecule has 1 amide bonds. The summed E-state index contributed by atoms with van der Waals surface area (Å²) in [5, 5.41) is 12.2. The number of carbonyl (C=O) groups excluding carboxylic acids is 1. The molecule has 2 rings (SSSR count). The number of hydrogen-bond donors (Lipinski definition) is 2. The van der Waals surface area contributed by atoms with Gasteiger partial charge in [0.15, 0.2) is 0 Å². The lowest BCUT2D eigenvalue weighted by Gasteiger charge is -2.25. The van der Waals surface area contributed by atoms with Gasteiger partial charge in [0.2, 0.25) is 15.9 Å². The first-order valence-electron chi connectivity index (χ1n) is 6.81. The predicted octanol–water partition coefficient (Wildman–Crippen LogP) is -0.312. The van der Waals surface area contributed by atoms with E-state index in [1.165, 1.54) is 4.31 Å². The molecular weight excluding hydrogens is 268 g/mol. The fourth-order valence-corrected chi connectivity index (χ4v) is 4.25. The van der Waals surface area contributed by atoms with Crippen molar-refractivity contribution in [3.05, 3.63) is 0 Å². The Labute approximate surface area is 114 Å². The molecule has 3 atom stereocenters. The molecule has 1 saturated heterocycles. The molecule has 110 valence electrons. The van der Waals surface area contributed by atoms with Crippen LogP contribution in [0.5, 0.6) is 0 Å². The fourth-order valence-electron chi connectivity index (χ4n) is 3.12. The van der Waals surface area contributed by atoms with Crippen molar-refractivity contribution in [3.63, 3.8) is 0 Å². The van der Waals surface area contributed by atoms with E-state index in [1.54, 1.807) is 0 Å². The highest BCUT2D eigenvalue weighted by Gasteiger charge is 2.38. The average Bonchev–Trinajstić information content (AvgIpc) is 2.95. The normalized spacial score (nSPS) is 32.6. The Bertz CT molecular complexity index is 437. The molecule has 0 aromatic rings. The van der Waals surface area contributed by atoms with Gasteiger partial charge < -0.3 is 10.4 Å². The van der Waals surface area contributed by atoms with Crippen LogP contribution in [0.3, 0.4) is 0 Å². The summed E-state index contributed by atoms with van der Waals surface area (Å²) in [4.78, 5) is 12.2. The van der Waals surface area contributed by atoms with Crippen molar-refractivity contribution in [3.8, 4) is 0 Å². The number of aliphatic hydroxyl groups excluding tert-OH is 1. The SMILES string of the molecule is CS(=O)(=O)N1CCCC1C(=O)NC1CCCC1CO. The van der Waals surface area contributed by atoms with Gasteiger partial charge in [-0.05, 0) is 25.7 Å². The summed E-state index contributed by atoms with van der Waals surface area (Å²) in [5.74, 6) is -0.106. The maximum Gasteiger partial charge on any atom is 0.238 e. The van der Waals surface area contributed by atoms with Gasteiger partial charge in [-0.3, -0.25) is 4.79 Å². The average molecular weight is 290 g/mol. The Hall–Kier alpha value is -0.660. The first-order chi connectivity index (χ1) is 8.93. The van der Waals surface area contributed by atoms with E-state index < -0.39 is 16.1 Å². The van der Waals surface area contributed by atoms with Gasteiger partial charge in [-0.1, -0.05) is 6.42 Å². The van der Waals surface area contributed by atoms with E-state index in [0.29, 0.717) is 13.0 Å². The van der Waals surface area contributed by atoms with Gasteiger partial charge in [-0.25, -0.2) is 8.42 Å². The van der Waals surface area contributed by atoms with Gasteiger partial charge in [0.05, 0.1) is 6.26 Å². The molecule has 2 N–H and O–H groups in total. The summed E-state index contributed by atoms with van der Waals surface area (Å²) in [6, 6.07) is -0.588. The molecule has 0 bridgehead atoms. The number of nitrogens with zero attached hydrogens (tertiary/aromatic N) is 1. The van der Waals surface area contributed by atoms with Gasteiger partial charge >= 0.3 is 0 Å². The van der Waals surface area contributed by atoms with Crippen molar-refractivity contribution in [1.29, 1.82) is 0 Å². The number of rotatable bonds is 4. The number of amides is 1. The van der Waals surface area contributed by atoms with E-state index in [9.17, 15) is 18.3 Å². The predicted molar refractivity (Wildman–Crippen MR) is 70.9 cm³/mol. The molecule has 6 nitrogen and oxygen atoms in total. The van der Waals surface area contributed by atoms with Crippen molar-refractivity contribution in [2.24, 2.45) is 5.92 Å². The molecule has 1 heterocycles. The third-order valence-corrected chi connectivity index (χ3v) is 5.44. The Kier molecular flexibility index (Phi) is 4.47. The van der Waals surface area contributed by atoms with Crippen LogP contribution < -0.4 is 5.32 Å².